The Balaban J connectivity index is 1.83. The number of rotatable bonds is 5. The van der Waals surface area contributed by atoms with E-state index < -0.39 is 0 Å². The molecule has 126 valence electrons. The number of hydrogen-bond donors (Lipinski definition) is 3. The van der Waals surface area contributed by atoms with Gasteiger partial charge in [0.2, 0.25) is 0 Å². The standard InChI is InChI=1S/C19H17N3O3/c1-25-17-7-3-2-5-15(17)19(24)22-16-6-4-12-20-18(16)21-13-8-10-14(23)11-9-13/h2-12,23H,1H3,(H,20,21)(H,22,24). The van der Waals surface area contributed by atoms with Crippen molar-refractivity contribution in [2.24, 2.45) is 0 Å². The van der Waals surface area contributed by atoms with Gasteiger partial charge in [-0.25, -0.2) is 4.98 Å². The van der Waals surface area contributed by atoms with Gasteiger partial charge in [-0.1, -0.05) is 12.1 Å². The second-order valence-corrected chi connectivity index (χ2v) is 5.23. The molecule has 0 atom stereocenters. The van der Waals surface area contributed by atoms with Crippen LogP contribution >= 0.6 is 0 Å². The molecule has 2 aromatic carbocycles. The summed E-state index contributed by atoms with van der Waals surface area (Å²) in [5, 5.41) is 15.3. The number of phenolic OH excluding ortho intramolecular Hbond substituents is 1. The van der Waals surface area contributed by atoms with Gasteiger partial charge in [-0.05, 0) is 48.5 Å². The third kappa shape index (κ3) is 3.87. The van der Waals surface area contributed by atoms with E-state index in [-0.39, 0.29) is 11.7 Å². The number of pyridine rings is 1. The monoisotopic (exact) mass is 335 g/mol. The van der Waals surface area contributed by atoms with Crippen molar-refractivity contribution < 1.29 is 14.6 Å². The van der Waals surface area contributed by atoms with Crippen molar-refractivity contribution in [3.63, 3.8) is 0 Å². The molecule has 0 spiro atoms. The molecule has 1 amide bonds. The molecular weight excluding hydrogens is 318 g/mol. The largest absolute Gasteiger partial charge is 0.508 e. The summed E-state index contributed by atoms with van der Waals surface area (Å²) in [5.41, 5.74) is 1.71. The van der Waals surface area contributed by atoms with Crippen LogP contribution in [0.2, 0.25) is 0 Å². The Morgan fingerprint density at radius 2 is 1.80 bits per heavy atom. The predicted molar refractivity (Wildman–Crippen MR) is 96.6 cm³/mol. The first-order chi connectivity index (χ1) is 12.2. The Hall–Kier alpha value is -3.54. The Labute approximate surface area is 145 Å². The number of anilines is 3. The third-order valence-corrected chi connectivity index (χ3v) is 3.54. The molecule has 0 bridgehead atoms. The van der Waals surface area contributed by atoms with Crippen molar-refractivity contribution in [2.75, 3.05) is 17.7 Å². The fourth-order valence-electron chi connectivity index (χ4n) is 2.31. The molecule has 6 heteroatoms. The lowest BCUT2D eigenvalue weighted by molar-refractivity contribution is 0.102. The van der Waals surface area contributed by atoms with Crippen molar-refractivity contribution in [1.29, 1.82) is 0 Å². The molecule has 0 radical (unpaired) electrons. The highest BCUT2D eigenvalue weighted by Gasteiger charge is 2.14. The minimum Gasteiger partial charge on any atom is -0.508 e. The van der Waals surface area contributed by atoms with Gasteiger partial charge < -0.3 is 20.5 Å². The Morgan fingerprint density at radius 3 is 2.56 bits per heavy atom. The normalized spacial score (nSPS) is 10.1. The molecule has 0 aliphatic rings. The minimum absolute atomic E-state index is 0.177. The van der Waals surface area contributed by atoms with Gasteiger partial charge in [0.05, 0.1) is 18.4 Å². The SMILES string of the molecule is COc1ccccc1C(=O)Nc1cccnc1Nc1ccc(O)cc1. The number of nitrogens with zero attached hydrogens (tertiary/aromatic N) is 1. The fourth-order valence-corrected chi connectivity index (χ4v) is 2.31. The molecule has 3 N–H and O–H groups in total. The molecule has 0 aliphatic carbocycles. The maximum Gasteiger partial charge on any atom is 0.259 e. The number of phenols is 1. The van der Waals surface area contributed by atoms with Crippen molar-refractivity contribution in [1.82, 2.24) is 4.98 Å². The van der Waals surface area contributed by atoms with Crippen LogP contribution < -0.4 is 15.4 Å². The van der Waals surface area contributed by atoms with Gasteiger partial charge in [-0.15, -0.1) is 0 Å². The molecule has 3 aromatic rings. The number of hydrogen-bond acceptors (Lipinski definition) is 5. The molecule has 1 heterocycles. The number of para-hydroxylation sites is 1. The topological polar surface area (TPSA) is 83.5 Å². The first kappa shape index (κ1) is 16.3. The highest BCUT2D eigenvalue weighted by Crippen LogP contribution is 2.25. The zero-order chi connectivity index (χ0) is 17.6. The van der Waals surface area contributed by atoms with E-state index in [1.165, 1.54) is 7.11 Å². The van der Waals surface area contributed by atoms with Crippen LogP contribution in [0.5, 0.6) is 11.5 Å². The highest BCUT2D eigenvalue weighted by molar-refractivity contribution is 6.07. The van der Waals surface area contributed by atoms with Crippen molar-refractivity contribution in [3.05, 3.63) is 72.4 Å². The lowest BCUT2D eigenvalue weighted by Gasteiger charge is -2.13. The van der Waals surface area contributed by atoms with Crippen LogP contribution in [0.15, 0.2) is 66.9 Å². The van der Waals surface area contributed by atoms with E-state index in [9.17, 15) is 9.90 Å². The summed E-state index contributed by atoms with van der Waals surface area (Å²) in [5.74, 6) is 0.879. The van der Waals surface area contributed by atoms with Gasteiger partial charge in [0.15, 0.2) is 5.82 Å². The van der Waals surface area contributed by atoms with E-state index in [4.69, 9.17) is 4.74 Å². The van der Waals surface area contributed by atoms with E-state index in [1.807, 2.05) is 0 Å². The van der Waals surface area contributed by atoms with Crippen molar-refractivity contribution in [2.45, 2.75) is 0 Å². The van der Waals surface area contributed by atoms with Crippen LogP contribution in [0.3, 0.4) is 0 Å². The fraction of sp³-hybridized carbons (Fsp3) is 0.0526. The van der Waals surface area contributed by atoms with E-state index >= 15 is 0 Å². The zero-order valence-corrected chi connectivity index (χ0v) is 13.6. The molecule has 0 saturated heterocycles. The molecule has 0 unspecified atom stereocenters. The number of aromatic nitrogens is 1. The maximum absolute atomic E-state index is 12.6. The van der Waals surface area contributed by atoms with Gasteiger partial charge in [0.1, 0.15) is 11.5 Å². The van der Waals surface area contributed by atoms with Gasteiger partial charge in [0.25, 0.3) is 5.91 Å². The summed E-state index contributed by atoms with van der Waals surface area (Å²) >= 11 is 0. The number of aromatic hydroxyl groups is 1. The quantitative estimate of drug-likeness (QED) is 0.618. The summed E-state index contributed by atoms with van der Waals surface area (Å²) in [6.07, 6.45) is 1.63. The van der Waals surface area contributed by atoms with Crippen molar-refractivity contribution >= 4 is 23.1 Å². The molecule has 0 aliphatic heterocycles. The smallest absolute Gasteiger partial charge is 0.259 e. The molecule has 25 heavy (non-hydrogen) atoms. The number of amides is 1. The van der Waals surface area contributed by atoms with Gasteiger partial charge >= 0.3 is 0 Å². The zero-order valence-electron chi connectivity index (χ0n) is 13.6. The predicted octanol–water partition coefficient (Wildman–Crippen LogP) is 3.79. The Bertz CT molecular complexity index is 879. The average molecular weight is 335 g/mol. The average Bonchev–Trinajstić information content (AvgIpc) is 2.65. The number of methoxy groups -OCH3 is 1. The summed E-state index contributed by atoms with van der Waals surface area (Å²) in [4.78, 5) is 16.8. The van der Waals surface area contributed by atoms with Crippen LogP contribution in [0.4, 0.5) is 17.2 Å². The molecule has 0 fully saturated rings. The van der Waals surface area contributed by atoms with Crippen LogP contribution in [0, 0.1) is 0 Å². The summed E-state index contributed by atoms with van der Waals surface area (Å²) in [7, 11) is 1.52. The second-order valence-electron chi connectivity index (χ2n) is 5.23. The number of nitrogens with one attached hydrogen (secondary N) is 2. The first-order valence-corrected chi connectivity index (χ1v) is 7.63. The maximum atomic E-state index is 12.6. The number of carbonyl (C=O) groups is 1. The summed E-state index contributed by atoms with van der Waals surface area (Å²) in [6, 6.07) is 17.1. The summed E-state index contributed by atoms with van der Waals surface area (Å²) < 4.78 is 5.23. The van der Waals surface area contributed by atoms with Crippen LogP contribution in [0.25, 0.3) is 0 Å². The first-order valence-electron chi connectivity index (χ1n) is 7.63. The highest BCUT2D eigenvalue weighted by atomic mass is 16.5. The molecule has 6 nitrogen and oxygen atoms in total. The molecule has 3 rings (SSSR count). The number of benzene rings is 2. The molecular formula is C19H17N3O3. The van der Waals surface area contributed by atoms with Crippen LogP contribution in [0.1, 0.15) is 10.4 Å². The molecule has 1 aromatic heterocycles. The van der Waals surface area contributed by atoms with E-state index in [1.54, 1.807) is 66.9 Å². The lowest BCUT2D eigenvalue weighted by Crippen LogP contribution is -2.14. The van der Waals surface area contributed by atoms with E-state index in [0.29, 0.717) is 22.8 Å². The summed E-state index contributed by atoms with van der Waals surface area (Å²) in [6.45, 7) is 0. The Kier molecular flexibility index (Phi) is 4.80. The second kappa shape index (κ2) is 7.35. The Morgan fingerprint density at radius 1 is 1.04 bits per heavy atom. The lowest BCUT2D eigenvalue weighted by atomic mass is 10.2. The van der Waals surface area contributed by atoms with Crippen LogP contribution in [-0.4, -0.2) is 23.1 Å². The van der Waals surface area contributed by atoms with Gasteiger partial charge in [0, 0.05) is 11.9 Å². The van der Waals surface area contributed by atoms with Gasteiger partial charge in [-0.2, -0.15) is 0 Å². The van der Waals surface area contributed by atoms with E-state index in [2.05, 4.69) is 15.6 Å². The number of ether oxygens (including phenoxy) is 1. The minimum atomic E-state index is -0.292. The molecule has 0 saturated carbocycles. The van der Waals surface area contributed by atoms with Gasteiger partial charge in [-0.3, -0.25) is 4.79 Å². The number of carbonyl (C=O) groups excluding carboxylic acids is 1. The van der Waals surface area contributed by atoms with Crippen LogP contribution in [-0.2, 0) is 0 Å². The third-order valence-electron chi connectivity index (χ3n) is 3.54. The van der Waals surface area contributed by atoms with E-state index in [0.717, 1.165) is 5.69 Å². The van der Waals surface area contributed by atoms with Crippen molar-refractivity contribution in [3.8, 4) is 11.5 Å².